The number of imidazole rings is 1. The molecule has 0 spiro atoms. The number of fused-ring (bicyclic) bond motifs is 2. The van der Waals surface area contributed by atoms with E-state index in [2.05, 4.69) is 10.3 Å². The number of amides is 2. The molecule has 2 aromatic carbocycles. The zero-order valence-corrected chi connectivity index (χ0v) is 29.3. The van der Waals surface area contributed by atoms with Crippen LogP contribution in [0.5, 0.6) is 17.2 Å². The van der Waals surface area contributed by atoms with Crippen molar-refractivity contribution in [2.75, 3.05) is 39.6 Å². The summed E-state index contributed by atoms with van der Waals surface area (Å²) in [5.41, 5.74) is 0.696. The van der Waals surface area contributed by atoms with Gasteiger partial charge in [-0.15, -0.1) is 0 Å². The number of benzene rings is 2. The van der Waals surface area contributed by atoms with Gasteiger partial charge in [-0.3, -0.25) is 5.21 Å². The summed E-state index contributed by atoms with van der Waals surface area (Å²) in [5.74, 6) is 0.938. The van der Waals surface area contributed by atoms with Crippen molar-refractivity contribution in [3.8, 4) is 17.2 Å². The van der Waals surface area contributed by atoms with E-state index in [1.165, 1.54) is 16.4 Å². The first-order chi connectivity index (χ1) is 24.6. The molecule has 17 heteroatoms. The van der Waals surface area contributed by atoms with E-state index in [0.717, 1.165) is 0 Å². The molecule has 0 saturated carbocycles. The van der Waals surface area contributed by atoms with Crippen LogP contribution in [0.25, 0.3) is 0 Å². The average molecular weight is 730 g/mol. The minimum atomic E-state index is -4.01. The lowest BCUT2D eigenvalue weighted by Gasteiger charge is -2.30. The van der Waals surface area contributed by atoms with Crippen LogP contribution >= 0.6 is 0 Å². The summed E-state index contributed by atoms with van der Waals surface area (Å²) in [5, 5.41) is 14.5. The minimum Gasteiger partial charge on any atom is -0.454 e. The fourth-order valence-corrected chi connectivity index (χ4v) is 7.84. The van der Waals surface area contributed by atoms with Crippen molar-refractivity contribution >= 4 is 22.2 Å². The molecular formula is C34H43N5O11S. The molecule has 6 rings (SSSR count). The van der Waals surface area contributed by atoms with Gasteiger partial charge in [0.25, 0.3) is 0 Å². The quantitative estimate of drug-likeness (QED) is 0.172. The van der Waals surface area contributed by atoms with E-state index in [4.69, 9.17) is 28.4 Å². The van der Waals surface area contributed by atoms with E-state index < -0.39 is 40.6 Å². The SMILES string of the molecule is CC(C)CN(CCC(Cc1ccc(OC(=O)NCCn2ccnc2)cc1)N(O)C(=O)OC1COC2OCCC12)S(=O)(=O)c1ccc2c(c1)OCO2. The molecule has 51 heavy (non-hydrogen) atoms. The van der Waals surface area contributed by atoms with Gasteiger partial charge in [0.15, 0.2) is 17.8 Å². The lowest BCUT2D eigenvalue weighted by molar-refractivity contribution is -0.116. The molecule has 4 heterocycles. The lowest BCUT2D eigenvalue weighted by atomic mass is 10.0. The highest BCUT2D eigenvalue weighted by molar-refractivity contribution is 7.89. The van der Waals surface area contributed by atoms with Crippen LogP contribution in [0.15, 0.2) is 66.1 Å². The van der Waals surface area contributed by atoms with Gasteiger partial charge in [-0.05, 0) is 55.0 Å². The second-order valence-electron chi connectivity index (χ2n) is 13.0. The summed E-state index contributed by atoms with van der Waals surface area (Å²) in [6, 6.07) is 10.2. The first kappa shape index (κ1) is 36.4. The molecule has 3 aliphatic rings. The standard InChI is InChI=1S/C34H43N5O11S/c1-23(2)19-38(51(43,44)27-7-8-29-30(18-27)48-22-47-29)13-9-25(39(42)34(41)50-31-20-46-32-28(31)10-16-45-32)17-24-3-5-26(6-4-24)49-33(40)36-12-15-37-14-11-35-21-37/h3-8,11,14,18,21,23,25,28,31-32,42H,9-10,12-13,15-17,19-20,22H2,1-2H3,(H,36,40). The molecule has 2 amide bonds. The van der Waals surface area contributed by atoms with E-state index in [9.17, 15) is 23.2 Å². The fraction of sp³-hybridized carbons (Fsp3) is 0.500. The summed E-state index contributed by atoms with van der Waals surface area (Å²) in [6.07, 6.45) is 3.32. The van der Waals surface area contributed by atoms with Crippen LogP contribution in [0.1, 0.15) is 32.3 Å². The monoisotopic (exact) mass is 729 g/mol. The van der Waals surface area contributed by atoms with Crippen molar-refractivity contribution < 1.29 is 51.6 Å². The van der Waals surface area contributed by atoms with Gasteiger partial charge >= 0.3 is 12.2 Å². The Labute approximate surface area is 296 Å². The summed E-state index contributed by atoms with van der Waals surface area (Å²) < 4.78 is 63.9. The number of sulfonamides is 1. The fourth-order valence-electron chi connectivity index (χ4n) is 6.20. The summed E-state index contributed by atoms with van der Waals surface area (Å²) in [7, 11) is -4.01. The van der Waals surface area contributed by atoms with E-state index in [0.29, 0.717) is 54.0 Å². The van der Waals surface area contributed by atoms with Crippen LogP contribution in [0, 0.1) is 11.8 Å². The molecule has 1 aromatic heterocycles. The maximum absolute atomic E-state index is 13.9. The van der Waals surface area contributed by atoms with Gasteiger partial charge in [-0.25, -0.2) is 23.0 Å². The maximum Gasteiger partial charge on any atom is 0.434 e. The number of carbonyl (C=O) groups excluding carboxylic acids is 2. The molecule has 0 radical (unpaired) electrons. The lowest BCUT2D eigenvalue weighted by Crippen LogP contribution is -2.44. The molecule has 2 saturated heterocycles. The second kappa shape index (κ2) is 16.3. The molecule has 0 aliphatic carbocycles. The summed E-state index contributed by atoms with van der Waals surface area (Å²) in [4.78, 5) is 29.7. The molecule has 276 valence electrons. The zero-order chi connectivity index (χ0) is 36.0. The summed E-state index contributed by atoms with van der Waals surface area (Å²) >= 11 is 0. The van der Waals surface area contributed by atoms with E-state index in [1.807, 2.05) is 18.4 Å². The van der Waals surface area contributed by atoms with Crippen molar-refractivity contribution in [2.45, 2.75) is 63.0 Å². The number of rotatable bonds is 15. The highest BCUT2D eigenvalue weighted by Gasteiger charge is 2.44. The normalized spacial score (nSPS) is 20.0. The first-order valence-corrected chi connectivity index (χ1v) is 18.3. The molecule has 0 bridgehead atoms. The number of hydrogen-bond acceptors (Lipinski definition) is 12. The molecule has 4 atom stereocenters. The minimum absolute atomic E-state index is 0.00727. The number of carbonyl (C=O) groups is 2. The predicted octanol–water partition coefficient (Wildman–Crippen LogP) is 3.64. The van der Waals surface area contributed by atoms with Gasteiger partial charge in [0.2, 0.25) is 16.8 Å². The molecule has 16 nitrogen and oxygen atoms in total. The number of hydrogen-bond donors (Lipinski definition) is 2. The Morgan fingerprint density at radius 1 is 1.12 bits per heavy atom. The van der Waals surface area contributed by atoms with E-state index in [1.54, 1.807) is 49.1 Å². The average Bonchev–Trinajstić information content (AvgIpc) is 3.93. The molecule has 2 fully saturated rings. The van der Waals surface area contributed by atoms with Crippen LogP contribution in [0.3, 0.4) is 0 Å². The molecule has 3 aliphatic heterocycles. The topological polar surface area (TPSA) is 180 Å². The van der Waals surface area contributed by atoms with Crippen molar-refractivity contribution in [3.05, 3.63) is 66.7 Å². The van der Waals surface area contributed by atoms with Crippen molar-refractivity contribution in [2.24, 2.45) is 11.8 Å². The van der Waals surface area contributed by atoms with Gasteiger partial charge in [-0.2, -0.15) is 9.37 Å². The Morgan fingerprint density at radius 2 is 1.92 bits per heavy atom. The van der Waals surface area contributed by atoms with Crippen LogP contribution in [0.2, 0.25) is 0 Å². The Bertz CT molecular complexity index is 1740. The van der Waals surface area contributed by atoms with Gasteiger partial charge in [-0.1, -0.05) is 26.0 Å². The highest BCUT2D eigenvalue weighted by atomic mass is 32.2. The summed E-state index contributed by atoms with van der Waals surface area (Å²) in [6.45, 7) is 5.51. The van der Waals surface area contributed by atoms with Gasteiger partial charge < -0.3 is 38.3 Å². The Kier molecular flexibility index (Phi) is 11.6. The number of hydroxylamine groups is 2. The van der Waals surface area contributed by atoms with Crippen LogP contribution in [0.4, 0.5) is 9.59 Å². The first-order valence-electron chi connectivity index (χ1n) is 16.9. The van der Waals surface area contributed by atoms with Crippen molar-refractivity contribution in [1.29, 1.82) is 0 Å². The van der Waals surface area contributed by atoms with Gasteiger partial charge in [0.1, 0.15) is 11.9 Å². The number of nitrogens with one attached hydrogen (secondary N) is 1. The predicted molar refractivity (Wildman–Crippen MR) is 179 cm³/mol. The molecular weight excluding hydrogens is 686 g/mol. The Morgan fingerprint density at radius 3 is 2.69 bits per heavy atom. The van der Waals surface area contributed by atoms with E-state index >= 15 is 0 Å². The molecule has 3 aromatic rings. The maximum atomic E-state index is 13.9. The largest absolute Gasteiger partial charge is 0.454 e. The number of ether oxygens (including phenoxy) is 6. The van der Waals surface area contributed by atoms with E-state index in [-0.39, 0.29) is 56.1 Å². The third-order valence-corrected chi connectivity index (χ3v) is 10.7. The van der Waals surface area contributed by atoms with Crippen molar-refractivity contribution in [3.63, 3.8) is 0 Å². The third-order valence-electron chi connectivity index (χ3n) is 8.84. The van der Waals surface area contributed by atoms with Gasteiger partial charge in [0.05, 0.1) is 36.4 Å². The highest BCUT2D eigenvalue weighted by Crippen LogP contribution is 2.35. The molecule has 4 unspecified atom stereocenters. The number of aromatic nitrogens is 2. The zero-order valence-electron chi connectivity index (χ0n) is 28.5. The van der Waals surface area contributed by atoms with Crippen LogP contribution < -0.4 is 19.5 Å². The Hall–Kier alpha value is -4.42. The Balaban J connectivity index is 1.14. The molecule has 2 N–H and O–H groups in total. The van der Waals surface area contributed by atoms with Crippen LogP contribution in [-0.2, 0) is 37.2 Å². The van der Waals surface area contributed by atoms with Gasteiger partial charge in [0, 0.05) is 44.6 Å². The third kappa shape index (κ3) is 9.09. The number of nitrogens with zero attached hydrogens (tertiary/aromatic N) is 4. The van der Waals surface area contributed by atoms with Crippen molar-refractivity contribution in [1.82, 2.24) is 24.2 Å². The smallest absolute Gasteiger partial charge is 0.434 e. The second-order valence-corrected chi connectivity index (χ2v) is 14.9. The van der Waals surface area contributed by atoms with Crippen LogP contribution in [-0.4, -0.2) is 103 Å².